The summed E-state index contributed by atoms with van der Waals surface area (Å²) in [6.45, 7) is 1.85. The minimum atomic E-state index is -1.33. The number of aliphatic carboxylic acids is 1. The highest BCUT2D eigenvalue weighted by Gasteiger charge is 2.21. The first-order valence-electron chi connectivity index (χ1n) is 6.46. The fourth-order valence-corrected chi connectivity index (χ4v) is 1.53. The van der Waals surface area contributed by atoms with Crippen LogP contribution >= 0.6 is 0 Å². The summed E-state index contributed by atoms with van der Waals surface area (Å²) >= 11 is 0. The second kappa shape index (κ2) is 8.16. The van der Waals surface area contributed by atoms with Crippen LogP contribution in [0, 0.1) is 0 Å². The van der Waals surface area contributed by atoms with E-state index in [9.17, 15) is 9.59 Å². The molecule has 0 saturated carbocycles. The van der Waals surface area contributed by atoms with Gasteiger partial charge in [0.05, 0.1) is 18.8 Å². The number of para-hydroxylation sites is 1. The number of carboxylic acid groups (broad SMARTS) is 1. The number of aliphatic hydroxyl groups excluding tert-OH is 1. The average Bonchev–Trinajstić information content (AvgIpc) is 2.45. The van der Waals surface area contributed by atoms with Gasteiger partial charge in [-0.25, -0.2) is 4.79 Å². The number of hydrogen-bond donors (Lipinski definition) is 3. The third-order valence-corrected chi connectivity index (χ3v) is 2.67. The van der Waals surface area contributed by atoms with Gasteiger partial charge in [-0.3, -0.25) is 4.79 Å². The maximum Gasteiger partial charge on any atom is 0.328 e. The standard InChI is InChI=1S/C14H19NO5/c1-2-3-8-20-12-7-5-4-6-10(12)13(17)15-11(9-16)14(18)19/h4-7,11,16H,2-3,8-9H2,1H3,(H,15,17)(H,18,19). The molecule has 0 heterocycles. The Kier molecular flexibility index (Phi) is 6.52. The lowest BCUT2D eigenvalue weighted by Crippen LogP contribution is -2.43. The Hall–Kier alpha value is -2.08. The Bertz CT molecular complexity index is 461. The second-order valence-corrected chi connectivity index (χ2v) is 4.25. The van der Waals surface area contributed by atoms with E-state index in [1.54, 1.807) is 24.3 Å². The molecule has 1 unspecified atom stereocenters. The van der Waals surface area contributed by atoms with Gasteiger partial charge in [-0.15, -0.1) is 0 Å². The molecule has 1 amide bonds. The summed E-state index contributed by atoms with van der Waals surface area (Å²) in [5, 5.41) is 20.0. The number of unbranched alkanes of at least 4 members (excludes halogenated alkanes) is 1. The summed E-state index contributed by atoms with van der Waals surface area (Å²) in [5.74, 6) is -1.47. The summed E-state index contributed by atoms with van der Waals surface area (Å²) < 4.78 is 5.50. The van der Waals surface area contributed by atoms with Crippen molar-refractivity contribution in [2.24, 2.45) is 0 Å². The van der Waals surface area contributed by atoms with Gasteiger partial charge >= 0.3 is 5.97 Å². The van der Waals surface area contributed by atoms with Crippen LogP contribution in [0.2, 0.25) is 0 Å². The minimum Gasteiger partial charge on any atom is -0.493 e. The second-order valence-electron chi connectivity index (χ2n) is 4.25. The molecule has 0 aliphatic heterocycles. The Balaban J connectivity index is 2.78. The molecule has 0 fully saturated rings. The molecule has 0 saturated heterocycles. The molecular formula is C14H19NO5. The molecule has 1 rings (SSSR count). The number of carbonyl (C=O) groups is 2. The van der Waals surface area contributed by atoms with Crippen molar-refractivity contribution in [1.82, 2.24) is 5.32 Å². The van der Waals surface area contributed by atoms with E-state index < -0.39 is 24.5 Å². The maximum absolute atomic E-state index is 12.0. The monoisotopic (exact) mass is 281 g/mol. The first-order chi connectivity index (χ1) is 9.60. The lowest BCUT2D eigenvalue weighted by atomic mass is 10.1. The molecular weight excluding hydrogens is 262 g/mol. The largest absolute Gasteiger partial charge is 0.493 e. The number of amides is 1. The van der Waals surface area contributed by atoms with Crippen LogP contribution in [0.15, 0.2) is 24.3 Å². The van der Waals surface area contributed by atoms with Crippen molar-refractivity contribution in [2.45, 2.75) is 25.8 Å². The fraction of sp³-hybridized carbons (Fsp3) is 0.429. The van der Waals surface area contributed by atoms with Crippen molar-refractivity contribution in [3.8, 4) is 5.75 Å². The number of nitrogens with one attached hydrogen (secondary N) is 1. The Morgan fingerprint density at radius 3 is 2.65 bits per heavy atom. The van der Waals surface area contributed by atoms with Crippen molar-refractivity contribution in [3.05, 3.63) is 29.8 Å². The van der Waals surface area contributed by atoms with Crippen molar-refractivity contribution in [2.75, 3.05) is 13.2 Å². The minimum absolute atomic E-state index is 0.253. The summed E-state index contributed by atoms with van der Waals surface area (Å²) in [6.07, 6.45) is 1.84. The number of carboxylic acids is 1. The highest BCUT2D eigenvalue weighted by Crippen LogP contribution is 2.18. The van der Waals surface area contributed by atoms with Gasteiger partial charge in [0.1, 0.15) is 5.75 Å². The quantitative estimate of drug-likeness (QED) is 0.619. The highest BCUT2D eigenvalue weighted by atomic mass is 16.5. The van der Waals surface area contributed by atoms with Crippen LogP contribution < -0.4 is 10.1 Å². The maximum atomic E-state index is 12.0. The first-order valence-corrected chi connectivity index (χ1v) is 6.46. The summed E-state index contributed by atoms with van der Waals surface area (Å²) in [4.78, 5) is 22.8. The lowest BCUT2D eigenvalue weighted by Gasteiger charge is -2.14. The van der Waals surface area contributed by atoms with Crippen molar-refractivity contribution < 1.29 is 24.5 Å². The van der Waals surface area contributed by atoms with Crippen LogP contribution in [0.3, 0.4) is 0 Å². The normalized spacial score (nSPS) is 11.7. The van der Waals surface area contributed by atoms with Gasteiger partial charge in [-0.05, 0) is 18.6 Å². The number of hydrogen-bond acceptors (Lipinski definition) is 4. The van der Waals surface area contributed by atoms with Gasteiger partial charge in [0.2, 0.25) is 0 Å². The molecule has 1 atom stereocenters. The smallest absolute Gasteiger partial charge is 0.328 e. The molecule has 0 aromatic heterocycles. The molecule has 0 radical (unpaired) electrons. The van der Waals surface area contributed by atoms with Gasteiger partial charge in [-0.1, -0.05) is 25.5 Å². The third-order valence-electron chi connectivity index (χ3n) is 2.67. The number of rotatable bonds is 8. The van der Waals surface area contributed by atoms with Crippen LogP contribution in [0.1, 0.15) is 30.1 Å². The Morgan fingerprint density at radius 1 is 1.35 bits per heavy atom. The Labute approximate surface area is 117 Å². The number of ether oxygens (including phenoxy) is 1. The molecule has 6 nitrogen and oxygen atoms in total. The molecule has 1 aromatic rings. The predicted molar refractivity (Wildman–Crippen MR) is 72.8 cm³/mol. The highest BCUT2D eigenvalue weighted by molar-refractivity contribution is 5.98. The molecule has 20 heavy (non-hydrogen) atoms. The summed E-state index contributed by atoms with van der Waals surface area (Å²) in [7, 11) is 0. The molecule has 6 heteroatoms. The molecule has 0 aliphatic rings. The average molecular weight is 281 g/mol. The van der Waals surface area contributed by atoms with E-state index in [2.05, 4.69) is 5.32 Å². The van der Waals surface area contributed by atoms with E-state index >= 15 is 0 Å². The predicted octanol–water partition coefficient (Wildman–Crippen LogP) is 1.04. The van der Waals surface area contributed by atoms with E-state index in [1.807, 2.05) is 6.92 Å². The van der Waals surface area contributed by atoms with Gasteiger partial charge in [0, 0.05) is 0 Å². The van der Waals surface area contributed by atoms with Crippen LogP contribution in [0.25, 0.3) is 0 Å². The Morgan fingerprint density at radius 2 is 2.05 bits per heavy atom. The van der Waals surface area contributed by atoms with Crippen LogP contribution in [0.4, 0.5) is 0 Å². The first kappa shape index (κ1) is 16.0. The van der Waals surface area contributed by atoms with Gasteiger partial charge in [-0.2, -0.15) is 0 Å². The molecule has 0 aliphatic carbocycles. The van der Waals surface area contributed by atoms with Crippen molar-refractivity contribution in [3.63, 3.8) is 0 Å². The number of carbonyl (C=O) groups excluding carboxylic acids is 1. The van der Waals surface area contributed by atoms with Crippen LogP contribution in [-0.4, -0.2) is 41.3 Å². The zero-order valence-corrected chi connectivity index (χ0v) is 11.3. The van der Waals surface area contributed by atoms with E-state index in [1.165, 1.54) is 0 Å². The van der Waals surface area contributed by atoms with Gasteiger partial charge < -0.3 is 20.3 Å². The number of aliphatic hydroxyl groups is 1. The van der Waals surface area contributed by atoms with Crippen molar-refractivity contribution >= 4 is 11.9 Å². The van der Waals surface area contributed by atoms with Gasteiger partial charge in [0.25, 0.3) is 5.91 Å². The van der Waals surface area contributed by atoms with E-state index in [0.29, 0.717) is 12.4 Å². The lowest BCUT2D eigenvalue weighted by molar-refractivity contribution is -0.140. The molecule has 110 valence electrons. The number of benzene rings is 1. The molecule has 1 aromatic carbocycles. The zero-order chi connectivity index (χ0) is 15.0. The van der Waals surface area contributed by atoms with Gasteiger partial charge in [0.15, 0.2) is 6.04 Å². The van der Waals surface area contributed by atoms with E-state index in [4.69, 9.17) is 14.9 Å². The summed E-state index contributed by atoms with van der Waals surface area (Å²) in [5.41, 5.74) is 0.253. The SMILES string of the molecule is CCCCOc1ccccc1C(=O)NC(CO)C(=O)O. The summed E-state index contributed by atoms with van der Waals surface area (Å²) in [6, 6.07) is 5.27. The van der Waals surface area contributed by atoms with Crippen molar-refractivity contribution in [1.29, 1.82) is 0 Å². The fourth-order valence-electron chi connectivity index (χ4n) is 1.53. The van der Waals surface area contributed by atoms with E-state index in [-0.39, 0.29) is 5.56 Å². The topological polar surface area (TPSA) is 95.9 Å². The molecule has 0 bridgehead atoms. The third kappa shape index (κ3) is 4.55. The molecule has 3 N–H and O–H groups in total. The molecule has 0 spiro atoms. The van der Waals surface area contributed by atoms with Crippen LogP contribution in [-0.2, 0) is 4.79 Å². The van der Waals surface area contributed by atoms with E-state index in [0.717, 1.165) is 12.8 Å². The zero-order valence-electron chi connectivity index (χ0n) is 11.3. The van der Waals surface area contributed by atoms with Crippen LogP contribution in [0.5, 0.6) is 5.75 Å².